The molecule has 9 nitrogen and oxygen atoms in total. The van der Waals surface area contributed by atoms with Gasteiger partial charge in [0.25, 0.3) is 5.91 Å². The van der Waals surface area contributed by atoms with E-state index in [-0.39, 0.29) is 24.9 Å². The van der Waals surface area contributed by atoms with Crippen LogP contribution in [0, 0.1) is 6.92 Å². The minimum absolute atomic E-state index is 0.0610. The lowest BCUT2D eigenvalue weighted by atomic mass is 9.97. The normalized spacial score (nSPS) is 14.0. The highest BCUT2D eigenvalue weighted by Crippen LogP contribution is 2.29. The summed E-state index contributed by atoms with van der Waals surface area (Å²) in [5.41, 5.74) is 7.11. The number of fused-ring (bicyclic) bond motifs is 1. The van der Waals surface area contributed by atoms with Gasteiger partial charge in [-0.25, -0.2) is 4.68 Å². The Bertz CT molecular complexity index is 1790. The van der Waals surface area contributed by atoms with E-state index in [1.54, 1.807) is 9.58 Å². The topological polar surface area (TPSA) is 92.6 Å². The van der Waals surface area contributed by atoms with Crippen molar-refractivity contribution in [1.82, 2.24) is 19.9 Å². The summed E-state index contributed by atoms with van der Waals surface area (Å²) in [5, 5.41) is 11.6. The molecular formula is C37H40N6O3. The minimum atomic E-state index is -0.901. The van der Waals surface area contributed by atoms with E-state index in [1.165, 1.54) is 0 Å². The van der Waals surface area contributed by atoms with Crippen LogP contribution in [0.1, 0.15) is 48.1 Å². The first kappa shape index (κ1) is 31.0. The van der Waals surface area contributed by atoms with E-state index in [1.807, 2.05) is 104 Å². The van der Waals surface area contributed by atoms with Crippen molar-refractivity contribution in [2.75, 3.05) is 36.5 Å². The fourth-order valence-electron chi connectivity index (χ4n) is 5.87. The summed E-state index contributed by atoms with van der Waals surface area (Å²) in [6, 6.07) is 30.5. The van der Waals surface area contributed by atoms with E-state index in [4.69, 9.17) is 4.74 Å². The SMILES string of the molecule is Cc1ccccc1CN(C(=O)Cn1nnc2ccccc21)C(C(=O)Nc1ccc(N2CCOCC2)cc1)c1ccc(C(C)C)cc1. The second kappa shape index (κ2) is 14.0. The number of nitrogens with zero attached hydrogens (tertiary/aromatic N) is 5. The third-order valence-corrected chi connectivity index (χ3v) is 8.62. The van der Waals surface area contributed by atoms with Gasteiger partial charge in [0.05, 0.1) is 18.7 Å². The second-order valence-electron chi connectivity index (χ2n) is 12.0. The van der Waals surface area contributed by atoms with Crippen LogP contribution in [-0.4, -0.2) is 58.0 Å². The molecule has 9 heteroatoms. The molecular weight excluding hydrogens is 576 g/mol. The van der Waals surface area contributed by atoms with E-state index in [9.17, 15) is 9.59 Å². The van der Waals surface area contributed by atoms with Crippen molar-refractivity contribution in [2.24, 2.45) is 0 Å². The molecule has 5 aromatic rings. The molecule has 1 unspecified atom stereocenters. The minimum Gasteiger partial charge on any atom is -0.378 e. The number of rotatable bonds is 10. The number of aryl methyl sites for hydroxylation is 1. The van der Waals surface area contributed by atoms with Gasteiger partial charge in [-0.2, -0.15) is 0 Å². The Hall–Kier alpha value is -5.02. The second-order valence-corrected chi connectivity index (χ2v) is 12.0. The van der Waals surface area contributed by atoms with Crippen molar-refractivity contribution >= 4 is 34.2 Å². The summed E-state index contributed by atoms with van der Waals surface area (Å²) in [6.45, 7) is 9.54. The third-order valence-electron chi connectivity index (χ3n) is 8.62. The number of aromatic nitrogens is 3. The highest BCUT2D eigenvalue weighted by atomic mass is 16.5. The molecule has 1 saturated heterocycles. The van der Waals surface area contributed by atoms with Gasteiger partial charge in [0.2, 0.25) is 5.91 Å². The van der Waals surface area contributed by atoms with E-state index in [0.717, 1.165) is 46.5 Å². The first-order valence-electron chi connectivity index (χ1n) is 15.8. The Labute approximate surface area is 269 Å². The molecule has 1 aliphatic heterocycles. The van der Waals surface area contributed by atoms with Gasteiger partial charge in [-0.15, -0.1) is 5.10 Å². The molecule has 1 aliphatic rings. The molecule has 0 bridgehead atoms. The molecule has 0 spiro atoms. The lowest BCUT2D eigenvalue weighted by Gasteiger charge is -2.32. The Balaban J connectivity index is 1.36. The number of benzene rings is 4. The molecule has 1 atom stereocenters. The van der Waals surface area contributed by atoms with Crippen molar-refractivity contribution < 1.29 is 14.3 Å². The first-order valence-corrected chi connectivity index (χ1v) is 15.8. The highest BCUT2D eigenvalue weighted by molar-refractivity contribution is 5.98. The van der Waals surface area contributed by atoms with Crippen LogP contribution in [0.2, 0.25) is 0 Å². The number of hydrogen-bond acceptors (Lipinski definition) is 6. The van der Waals surface area contributed by atoms with Crippen LogP contribution >= 0.6 is 0 Å². The highest BCUT2D eigenvalue weighted by Gasteiger charge is 2.33. The summed E-state index contributed by atoms with van der Waals surface area (Å²) >= 11 is 0. The van der Waals surface area contributed by atoms with Crippen LogP contribution in [-0.2, 0) is 27.4 Å². The molecule has 236 valence electrons. The average molecular weight is 617 g/mol. The van der Waals surface area contributed by atoms with Crippen molar-refractivity contribution in [3.8, 4) is 0 Å². The first-order chi connectivity index (χ1) is 22.4. The fraction of sp³-hybridized carbons (Fsp3) is 0.297. The number of ether oxygens (including phenoxy) is 1. The molecule has 1 N–H and O–H groups in total. The van der Waals surface area contributed by atoms with Gasteiger partial charge < -0.3 is 19.9 Å². The van der Waals surface area contributed by atoms with Crippen LogP contribution < -0.4 is 10.2 Å². The number of carbonyl (C=O) groups excluding carboxylic acids is 2. The predicted molar refractivity (Wildman–Crippen MR) is 181 cm³/mol. The Morgan fingerprint density at radius 3 is 2.26 bits per heavy atom. The van der Waals surface area contributed by atoms with E-state index in [2.05, 4.69) is 34.4 Å². The molecule has 2 heterocycles. The average Bonchev–Trinajstić information content (AvgIpc) is 3.48. The van der Waals surface area contributed by atoms with Crippen molar-refractivity contribution in [1.29, 1.82) is 0 Å². The smallest absolute Gasteiger partial charge is 0.251 e. The Morgan fingerprint density at radius 2 is 1.54 bits per heavy atom. The van der Waals surface area contributed by atoms with Gasteiger partial charge in [-0.3, -0.25) is 9.59 Å². The number of morpholine rings is 1. The number of nitrogens with one attached hydrogen (secondary N) is 1. The summed E-state index contributed by atoms with van der Waals surface area (Å²) in [7, 11) is 0. The molecule has 1 fully saturated rings. The maximum atomic E-state index is 14.4. The van der Waals surface area contributed by atoms with Gasteiger partial charge in [-0.05, 0) is 71.5 Å². The van der Waals surface area contributed by atoms with Crippen LogP contribution in [0.25, 0.3) is 11.0 Å². The summed E-state index contributed by atoms with van der Waals surface area (Å²) in [6.07, 6.45) is 0. The molecule has 2 amide bonds. The lowest BCUT2D eigenvalue weighted by molar-refractivity contribution is -0.140. The summed E-state index contributed by atoms with van der Waals surface area (Å²) in [4.78, 5) is 32.7. The van der Waals surface area contributed by atoms with Crippen molar-refractivity contribution in [3.63, 3.8) is 0 Å². The number of amides is 2. The zero-order valence-electron chi connectivity index (χ0n) is 26.6. The van der Waals surface area contributed by atoms with Gasteiger partial charge in [0, 0.05) is 31.0 Å². The van der Waals surface area contributed by atoms with Crippen LogP contribution in [0.5, 0.6) is 0 Å². The van der Waals surface area contributed by atoms with Crippen molar-refractivity contribution in [2.45, 2.75) is 45.8 Å². The maximum absolute atomic E-state index is 14.4. The van der Waals surface area contributed by atoms with Crippen LogP contribution in [0.4, 0.5) is 11.4 Å². The Kier molecular flexibility index (Phi) is 9.40. The standard InChI is InChI=1S/C37H40N6O3/c1-26(2)28-12-14-29(15-13-28)36(37(45)38-31-16-18-32(19-17-31)41-20-22-46-23-21-41)42(24-30-9-5-4-8-27(30)3)35(44)25-43-34-11-7-6-10-33(34)39-40-43/h4-19,26,36H,20-25H2,1-3H3,(H,38,45). The van der Waals surface area contributed by atoms with E-state index < -0.39 is 6.04 Å². The zero-order valence-corrected chi connectivity index (χ0v) is 26.6. The number of carbonyl (C=O) groups is 2. The third kappa shape index (κ3) is 6.94. The molecule has 4 aromatic carbocycles. The molecule has 0 saturated carbocycles. The molecule has 6 rings (SSSR count). The zero-order chi connectivity index (χ0) is 32.0. The quantitative estimate of drug-likeness (QED) is 0.204. The molecule has 46 heavy (non-hydrogen) atoms. The number of para-hydroxylation sites is 1. The van der Waals surface area contributed by atoms with Gasteiger partial charge in [-0.1, -0.05) is 79.7 Å². The molecule has 0 radical (unpaired) electrons. The van der Waals surface area contributed by atoms with Crippen LogP contribution in [0.3, 0.4) is 0 Å². The Morgan fingerprint density at radius 1 is 0.870 bits per heavy atom. The van der Waals surface area contributed by atoms with Gasteiger partial charge in [0.1, 0.15) is 18.1 Å². The van der Waals surface area contributed by atoms with Crippen molar-refractivity contribution in [3.05, 3.63) is 119 Å². The van der Waals surface area contributed by atoms with Gasteiger partial charge >= 0.3 is 0 Å². The lowest BCUT2D eigenvalue weighted by Crippen LogP contribution is -2.42. The van der Waals surface area contributed by atoms with Crippen LogP contribution in [0.15, 0.2) is 97.1 Å². The fourth-order valence-corrected chi connectivity index (χ4v) is 5.87. The summed E-state index contributed by atoms with van der Waals surface area (Å²) in [5.74, 6) is -0.201. The van der Waals surface area contributed by atoms with E-state index in [0.29, 0.717) is 30.3 Å². The maximum Gasteiger partial charge on any atom is 0.251 e. The monoisotopic (exact) mass is 616 g/mol. The molecule has 1 aromatic heterocycles. The summed E-state index contributed by atoms with van der Waals surface area (Å²) < 4.78 is 7.09. The molecule has 0 aliphatic carbocycles. The van der Waals surface area contributed by atoms with E-state index >= 15 is 0 Å². The number of anilines is 2. The van der Waals surface area contributed by atoms with Gasteiger partial charge in [0.15, 0.2) is 0 Å². The largest absolute Gasteiger partial charge is 0.378 e. The number of hydrogen-bond donors (Lipinski definition) is 1. The predicted octanol–water partition coefficient (Wildman–Crippen LogP) is 6.11.